The molecule has 0 atom stereocenters. The van der Waals surface area contributed by atoms with E-state index in [4.69, 9.17) is 16.2 Å². The van der Waals surface area contributed by atoms with Crippen molar-refractivity contribution in [2.24, 2.45) is 0 Å². The third-order valence-corrected chi connectivity index (χ3v) is 2.16. The molecule has 0 radical (unpaired) electrons. The molecule has 0 saturated heterocycles. The number of carbonyl (C=O) groups is 1. The number of aromatic nitrogens is 2. The van der Waals surface area contributed by atoms with Gasteiger partial charge in [-0.05, 0) is 24.3 Å². The van der Waals surface area contributed by atoms with Crippen LogP contribution >= 0.6 is 0 Å². The van der Waals surface area contributed by atoms with E-state index in [-0.39, 0.29) is 6.61 Å². The topological polar surface area (TPSA) is 104 Å². The highest BCUT2D eigenvalue weighted by Crippen LogP contribution is 2.14. The summed E-state index contributed by atoms with van der Waals surface area (Å²) >= 11 is 0. The Bertz CT molecular complexity index is 537. The predicted octanol–water partition coefficient (Wildman–Crippen LogP) is 0.998. The van der Waals surface area contributed by atoms with Crippen molar-refractivity contribution in [3.8, 4) is 0 Å². The standard InChI is InChI=1S/C12H12N4O2/c13-9-4-8(5-10(14)6-9)12(17)18-7-11-15-2-1-3-16-11/h1-6H,7,13-14H2. The fourth-order valence-electron chi connectivity index (χ4n) is 1.41. The van der Waals surface area contributed by atoms with Crippen LogP contribution in [0.25, 0.3) is 0 Å². The minimum Gasteiger partial charge on any atom is -0.454 e. The van der Waals surface area contributed by atoms with Gasteiger partial charge in [0.2, 0.25) is 0 Å². The summed E-state index contributed by atoms with van der Waals surface area (Å²) in [5, 5.41) is 0. The molecule has 2 rings (SSSR count). The zero-order chi connectivity index (χ0) is 13.0. The van der Waals surface area contributed by atoms with Gasteiger partial charge in [0.05, 0.1) is 5.56 Å². The highest BCUT2D eigenvalue weighted by atomic mass is 16.5. The lowest BCUT2D eigenvalue weighted by Crippen LogP contribution is -2.08. The van der Waals surface area contributed by atoms with Gasteiger partial charge in [0, 0.05) is 23.8 Å². The average molecular weight is 244 g/mol. The van der Waals surface area contributed by atoms with Crippen LogP contribution in [0.2, 0.25) is 0 Å². The molecule has 0 saturated carbocycles. The quantitative estimate of drug-likeness (QED) is 0.616. The van der Waals surface area contributed by atoms with Crippen LogP contribution in [0.1, 0.15) is 16.2 Å². The van der Waals surface area contributed by atoms with Crippen molar-refractivity contribution in [1.82, 2.24) is 9.97 Å². The summed E-state index contributed by atoms with van der Waals surface area (Å²) in [5.41, 5.74) is 12.3. The van der Waals surface area contributed by atoms with Gasteiger partial charge in [-0.2, -0.15) is 0 Å². The molecule has 0 unspecified atom stereocenters. The SMILES string of the molecule is Nc1cc(N)cc(C(=O)OCc2ncccn2)c1. The summed E-state index contributed by atoms with van der Waals surface area (Å²) < 4.78 is 5.05. The molecular formula is C12H12N4O2. The first-order valence-electron chi connectivity index (χ1n) is 5.24. The van der Waals surface area contributed by atoms with Gasteiger partial charge in [0.15, 0.2) is 12.4 Å². The van der Waals surface area contributed by atoms with Gasteiger partial charge in [0.1, 0.15) is 0 Å². The molecule has 1 aromatic carbocycles. The summed E-state index contributed by atoms with van der Waals surface area (Å²) in [7, 11) is 0. The van der Waals surface area contributed by atoms with E-state index < -0.39 is 5.97 Å². The van der Waals surface area contributed by atoms with Crippen molar-refractivity contribution in [1.29, 1.82) is 0 Å². The lowest BCUT2D eigenvalue weighted by molar-refractivity contribution is 0.0462. The van der Waals surface area contributed by atoms with E-state index >= 15 is 0 Å². The number of hydrogen-bond donors (Lipinski definition) is 2. The van der Waals surface area contributed by atoms with Crippen molar-refractivity contribution in [2.75, 3.05) is 11.5 Å². The van der Waals surface area contributed by atoms with E-state index in [9.17, 15) is 4.79 Å². The first kappa shape index (κ1) is 11.8. The second kappa shape index (κ2) is 5.13. The summed E-state index contributed by atoms with van der Waals surface area (Å²) in [5.74, 6) is -0.0795. The smallest absolute Gasteiger partial charge is 0.338 e. The summed E-state index contributed by atoms with van der Waals surface area (Å²) in [6.45, 7) is 0.00831. The Kier molecular flexibility index (Phi) is 3.38. The predicted molar refractivity (Wildman–Crippen MR) is 66.4 cm³/mol. The summed E-state index contributed by atoms with van der Waals surface area (Å²) in [6, 6.07) is 6.26. The van der Waals surface area contributed by atoms with Crippen LogP contribution in [0.3, 0.4) is 0 Å². The first-order chi connectivity index (χ1) is 8.65. The Balaban J connectivity index is 2.04. The molecule has 0 bridgehead atoms. The second-order valence-electron chi connectivity index (χ2n) is 3.63. The van der Waals surface area contributed by atoms with Crippen molar-refractivity contribution in [3.05, 3.63) is 48.0 Å². The van der Waals surface area contributed by atoms with E-state index in [1.807, 2.05) is 0 Å². The number of benzene rings is 1. The molecule has 18 heavy (non-hydrogen) atoms. The van der Waals surface area contributed by atoms with E-state index in [0.717, 1.165) is 0 Å². The van der Waals surface area contributed by atoms with Gasteiger partial charge < -0.3 is 16.2 Å². The summed E-state index contributed by atoms with van der Waals surface area (Å²) in [4.78, 5) is 19.6. The van der Waals surface area contributed by atoms with Crippen molar-refractivity contribution >= 4 is 17.3 Å². The molecule has 4 N–H and O–H groups in total. The zero-order valence-electron chi connectivity index (χ0n) is 9.54. The number of rotatable bonds is 3. The molecule has 0 aliphatic heterocycles. The van der Waals surface area contributed by atoms with Crippen LogP contribution < -0.4 is 11.5 Å². The Morgan fingerprint density at radius 1 is 1.11 bits per heavy atom. The third-order valence-electron chi connectivity index (χ3n) is 2.16. The van der Waals surface area contributed by atoms with Gasteiger partial charge in [-0.25, -0.2) is 14.8 Å². The number of ether oxygens (including phenoxy) is 1. The van der Waals surface area contributed by atoms with E-state index in [2.05, 4.69) is 9.97 Å². The van der Waals surface area contributed by atoms with Crippen molar-refractivity contribution in [3.63, 3.8) is 0 Å². The molecule has 0 amide bonds. The van der Waals surface area contributed by atoms with Gasteiger partial charge in [-0.1, -0.05) is 0 Å². The third kappa shape index (κ3) is 2.94. The Hall–Kier alpha value is -2.63. The van der Waals surface area contributed by atoms with Crippen LogP contribution in [-0.4, -0.2) is 15.9 Å². The minimum absolute atomic E-state index is 0.00831. The molecule has 0 fully saturated rings. The molecule has 1 aromatic heterocycles. The molecule has 0 aliphatic rings. The molecule has 0 spiro atoms. The Labute approximate surface area is 104 Å². The fourth-order valence-corrected chi connectivity index (χ4v) is 1.41. The van der Waals surface area contributed by atoms with E-state index in [0.29, 0.717) is 22.8 Å². The monoisotopic (exact) mass is 244 g/mol. The minimum atomic E-state index is -0.513. The van der Waals surface area contributed by atoms with Crippen molar-refractivity contribution < 1.29 is 9.53 Å². The van der Waals surface area contributed by atoms with Crippen LogP contribution in [0.5, 0.6) is 0 Å². The van der Waals surface area contributed by atoms with Crippen LogP contribution in [0.15, 0.2) is 36.7 Å². The Morgan fingerprint density at radius 3 is 2.33 bits per heavy atom. The molecular weight excluding hydrogens is 232 g/mol. The largest absolute Gasteiger partial charge is 0.454 e. The highest BCUT2D eigenvalue weighted by molar-refractivity contribution is 5.91. The number of hydrogen-bond acceptors (Lipinski definition) is 6. The maximum Gasteiger partial charge on any atom is 0.338 e. The second-order valence-corrected chi connectivity index (χ2v) is 3.63. The fraction of sp³-hybridized carbons (Fsp3) is 0.0833. The number of nitrogens with zero attached hydrogens (tertiary/aromatic N) is 2. The number of nitrogens with two attached hydrogens (primary N) is 2. The van der Waals surface area contributed by atoms with Gasteiger partial charge >= 0.3 is 5.97 Å². The number of carbonyl (C=O) groups excluding carboxylic acids is 1. The number of anilines is 2. The number of esters is 1. The first-order valence-corrected chi connectivity index (χ1v) is 5.24. The van der Waals surface area contributed by atoms with Crippen LogP contribution in [0.4, 0.5) is 11.4 Å². The lowest BCUT2D eigenvalue weighted by atomic mass is 10.2. The van der Waals surface area contributed by atoms with Gasteiger partial charge in [-0.15, -0.1) is 0 Å². The van der Waals surface area contributed by atoms with E-state index in [1.165, 1.54) is 12.1 Å². The summed E-state index contributed by atoms with van der Waals surface area (Å²) in [6.07, 6.45) is 3.16. The maximum absolute atomic E-state index is 11.7. The van der Waals surface area contributed by atoms with Crippen LogP contribution in [-0.2, 0) is 11.3 Å². The number of nitrogen functional groups attached to an aromatic ring is 2. The highest BCUT2D eigenvalue weighted by Gasteiger charge is 2.09. The van der Waals surface area contributed by atoms with E-state index in [1.54, 1.807) is 24.5 Å². The lowest BCUT2D eigenvalue weighted by Gasteiger charge is -2.05. The van der Waals surface area contributed by atoms with Gasteiger partial charge in [-0.3, -0.25) is 0 Å². The van der Waals surface area contributed by atoms with Crippen molar-refractivity contribution in [2.45, 2.75) is 6.61 Å². The average Bonchev–Trinajstić information content (AvgIpc) is 2.36. The zero-order valence-corrected chi connectivity index (χ0v) is 9.54. The Morgan fingerprint density at radius 2 is 1.72 bits per heavy atom. The molecule has 0 aliphatic carbocycles. The molecule has 6 heteroatoms. The molecule has 6 nitrogen and oxygen atoms in total. The van der Waals surface area contributed by atoms with Gasteiger partial charge in [0.25, 0.3) is 0 Å². The van der Waals surface area contributed by atoms with Crippen LogP contribution in [0, 0.1) is 0 Å². The molecule has 2 aromatic rings. The molecule has 92 valence electrons. The normalized spacial score (nSPS) is 10.0. The maximum atomic E-state index is 11.7. The molecule has 1 heterocycles.